The van der Waals surface area contributed by atoms with Gasteiger partial charge in [-0.2, -0.15) is 18.4 Å². The van der Waals surface area contributed by atoms with Crippen LogP contribution in [0.4, 0.5) is 13.2 Å². The van der Waals surface area contributed by atoms with E-state index >= 15 is 0 Å². The molecule has 1 heterocycles. The summed E-state index contributed by atoms with van der Waals surface area (Å²) < 4.78 is 43.1. The summed E-state index contributed by atoms with van der Waals surface area (Å²) in [4.78, 5) is 0. The molecular formula is C13H7ClF3NO. The first kappa shape index (κ1) is 13.5. The summed E-state index contributed by atoms with van der Waals surface area (Å²) in [7, 11) is 0. The highest BCUT2D eigenvalue weighted by Gasteiger charge is 2.38. The summed E-state index contributed by atoms with van der Waals surface area (Å²) in [6, 6.07) is 9.13. The molecule has 0 aliphatic heterocycles. The highest BCUT2D eigenvalue weighted by Crippen LogP contribution is 2.37. The van der Waals surface area contributed by atoms with Gasteiger partial charge in [0, 0.05) is 16.1 Å². The normalized spacial score (nSPS) is 11.3. The van der Waals surface area contributed by atoms with Gasteiger partial charge in [0.2, 0.25) is 5.76 Å². The predicted octanol–water partition coefficient (Wildman–Crippen LogP) is 4.68. The second-order valence-corrected chi connectivity index (χ2v) is 4.24. The third-order valence-electron chi connectivity index (χ3n) is 2.46. The zero-order valence-electron chi connectivity index (χ0n) is 9.46. The van der Waals surface area contributed by atoms with E-state index in [1.165, 1.54) is 6.07 Å². The van der Waals surface area contributed by atoms with Crippen molar-refractivity contribution in [2.24, 2.45) is 0 Å². The molecule has 0 bridgehead atoms. The van der Waals surface area contributed by atoms with Crippen LogP contribution in [0.1, 0.15) is 11.3 Å². The molecule has 98 valence electrons. The minimum absolute atomic E-state index is 0.0641. The first-order chi connectivity index (χ1) is 8.91. The van der Waals surface area contributed by atoms with Crippen LogP contribution in [0.2, 0.25) is 5.02 Å². The third-order valence-corrected chi connectivity index (χ3v) is 2.72. The van der Waals surface area contributed by atoms with Crippen molar-refractivity contribution in [3.05, 3.63) is 46.7 Å². The molecule has 0 saturated carbocycles. The average Bonchev–Trinajstić information content (AvgIpc) is 2.74. The molecule has 0 spiro atoms. The monoisotopic (exact) mass is 285 g/mol. The summed E-state index contributed by atoms with van der Waals surface area (Å²) in [5.74, 6) is -1.06. The molecule has 2 aromatic rings. The molecule has 0 N–H and O–H groups in total. The van der Waals surface area contributed by atoms with E-state index in [2.05, 4.69) is 0 Å². The van der Waals surface area contributed by atoms with Crippen molar-refractivity contribution < 1.29 is 17.6 Å². The molecular weight excluding hydrogens is 279 g/mol. The van der Waals surface area contributed by atoms with Crippen LogP contribution in [0.15, 0.2) is 34.7 Å². The van der Waals surface area contributed by atoms with Gasteiger partial charge in [-0.15, -0.1) is 0 Å². The largest absolute Gasteiger partial charge is 0.451 e. The van der Waals surface area contributed by atoms with E-state index in [-0.39, 0.29) is 17.7 Å². The van der Waals surface area contributed by atoms with E-state index in [0.29, 0.717) is 10.6 Å². The zero-order valence-corrected chi connectivity index (χ0v) is 10.2. The summed E-state index contributed by atoms with van der Waals surface area (Å²) >= 11 is 5.70. The van der Waals surface area contributed by atoms with Gasteiger partial charge < -0.3 is 4.42 Å². The Morgan fingerprint density at radius 2 is 1.84 bits per heavy atom. The first-order valence-electron chi connectivity index (χ1n) is 5.24. The van der Waals surface area contributed by atoms with Gasteiger partial charge >= 0.3 is 6.18 Å². The van der Waals surface area contributed by atoms with Gasteiger partial charge in [-0.25, -0.2) is 0 Å². The molecule has 0 atom stereocenters. The van der Waals surface area contributed by atoms with Crippen LogP contribution < -0.4 is 0 Å². The molecule has 0 aliphatic carbocycles. The Labute approximate surface area is 112 Å². The van der Waals surface area contributed by atoms with E-state index in [9.17, 15) is 13.2 Å². The van der Waals surface area contributed by atoms with E-state index in [4.69, 9.17) is 21.3 Å². The molecule has 19 heavy (non-hydrogen) atoms. The van der Waals surface area contributed by atoms with Crippen molar-refractivity contribution in [1.29, 1.82) is 5.26 Å². The smallest absolute Gasteiger partial charge is 0.449 e. The van der Waals surface area contributed by atoms with E-state index in [1.54, 1.807) is 30.3 Å². The lowest BCUT2D eigenvalue weighted by Crippen LogP contribution is -2.06. The minimum Gasteiger partial charge on any atom is -0.451 e. The maximum atomic E-state index is 12.7. The Morgan fingerprint density at radius 3 is 2.37 bits per heavy atom. The fourth-order valence-electron chi connectivity index (χ4n) is 1.64. The molecule has 6 heteroatoms. The summed E-state index contributed by atoms with van der Waals surface area (Å²) in [6.45, 7) is 0. The van der Waals surface area contributed by atoms with Crippen LogP contribution in [-0.4, -0.2) is 0 Å². The second-order valence-electron chi connectivity index (χ2n) is 3.80. The average molecular weight is 286 g/mol. The van der Waals surface area contributed by atoms with Gasteiger partial charge in [-0.1, -0.05) is 11.6 Å². The zero-order chi connectivity index (χ0) is 14.0. The van der Waals surface area contributed by atoms with Gasteiger partial charge in [0.05, 0.1) is 12.5 Å². The number of benzene rings is 1. The van der Waals surface area contributed by atoms with Crippen LogP contribution in [0.25, 0.3) is 11.3 Å². The summed E-state index contributed by atoms with van der Waals surface area (Å²) in [5.41, 5.74) is 0.305. The van der Waals surface area contributed by atoms with Crippen molar-refractivity contribution in [2.45, 2.75) is 12.6 Å². The van der Waals surface area contributed by atoms with E-state index in [1.807, 2.05) is 0 Å². The molecule has 2 nitrogen and oxygen atoms in total. The number of hydrogen-bond acceptors (Lipinski definition) is 2. The number of nitrogens with zero attached hydrogens (tertiary/aromatic N) is 1. The maximum Gasteiger partial charge on any atom is 0.449 e. The van der Waals surface area contributed by atoms with Gasteiger partial charge in [0.15, 0.2) is 0 Å². The fraction of sp³-hybridized carbons (Fsp3) is 0.154. The molecule has 0 fully saturated rings. The molecule has 1 aromatic heterocycles. The highest BCUT2D eigenvalue weighted by molar-refractivity contribution is 6.30. The number of furan rings is 1. The molecule has 0 saturated heterocycles. The maximum absolute atomic E-state index is 12.7. The third kappa shape index (κ3) is 2.91. The van der Waals surface area contributed by atoms with Gasteiger partial charge in [-0.05, 0) is 30.3 Å². The topological polar surface area (TPSA) is 36.9 Å². The Balaban J connectivity index is 2.49. The molecule has 1 aromatic carbocycles. The quantitative estimate of drug-likeness (QED) is 0.803. The van der Waals surface area contributed by atoms with E-state index in [0.717, 1.165) is 0 Å². The Morgan fingerprint density at radius 1 is 1.21 bits per heavy atom. The lowest BCUT2D eigenvalue weighted by Gasteiger charge is -2.03. The fourth-order valence-corrected chi connectivity index (χ4v) is 1.77. The van der Waals surface area contributed by atoms with Gasteiger partial charge in [-0.3, -0.25) is 0 Å². The van der Waals surface area contributed by atoms with Crippen molar-refractivity contribution >= 4 is 11.6 Å². The highest BCUT2D eigenvalue weighted by atomic mass is 35.5. The SMILES string of the molecule is N#CCc1cc(-c2ccc(Cl)cc2)oc1C(F)(F)F. The van der Waals surface area contributed by atoms with Crippen molar-refractivity contribution in [2.75, 3.05) is 0 Å². The molecule has 0 radical (unpaired) electrons. The minimum atomic E-state index is -4.61. The number of halogens is 4. The van der Waals surface area contributed by atoms with E-state index < -0.39 is 11.9 Å². The first-order valence-corrected chi connectivity index (χ1v) is 5.62. The molecule has 0 aliphatic rings. The van der Waals surface area contributed by atoms with Crippen LogP contribution in [0, 0.1) is 11.3 Å². The predicted molar refractivity (Wildman–Crippen MR) is 63.5 cm³/mol. The Bertz CT molecular complexity index is 623. The molecule has 0 unspecified atom stereocenters. The molecule has 2 rings (SSSR count). The van der Waals surface area contributed by atoms with Gasteiger partial charge in [0.1, 0.15) is 5.76 Å². The van der Waals surface area contributed by atoms with Crippen LogP contribution in [0.3, 0.4) is 0 Å². The lowest BCUT2D eigenvalue weighted by atomic mass is 10.1. The van der Waals surface area contributed by atoms with Crippen molar-refractivity contribution in [1.82, 2.24) is 0 Å². The number of hydrogen-bond donors (Lipinski definition) is 0. The molecule has 0 amide bonds. The van der Waals surface area contributed by atoms with Gasteiger partial charge in [0.25, 0.3) is 0 Å². The number of alkyl halides is 3. The number of nitriles is 1. The van der Waals surface area contributed by atoms with Crippen LogP contribution in [-0.2, 0) is 12.6 Å². The summed E-state index contributed by atoms with van der Waals surface area (Å²) in [6.07, 6.45) is -4.97. The lowest BCUT2D eigenvalue weighted by molar-refractivity contribution is -0.153. The van der Waals surface area contributed by atoms with Crippen molar-refractivity contribution in [3.8, 4) is 17.4 Å². The van der Waals surface area contributed by atoms with Crippen LogP contribution >= 0.6 is 11.6 Å². The number of rotatable bonds is 2. The summed E-state index contributed by atoms with van der Waals surface area (Å²) in [5, 5.41) is 9.03. The standard InChI is InChI=1S/C13H7ClF3NO/c14-10-3-1-8(2-4-10)11-7-9(5-6-18)12(19-11)13(15,16)17/h1-4,7H,5H2. The van der Waals surface area contributed by atoms with Crippen molar-refractivity contribution in [3.63, 3.8) is 0 Å². The second kappa shape index (κ2) is 4.98. The van der Waals surface area contributed by atoms with Crippen LogP contribution in [0.5, 0.6) is 0 Å². The Kier molecular flexibility index (Phi) is 3.54. The Hall–Kier alpha value is -1.93.